The molecule has 1 saturated heterocycles. The Morgan fingerprint density at radius 3 is 2.86 bits per heavy atom. The van der Waals surface area contributed by atoms with E-state index < -0.39 is 6.04 Å². The number of hydrogen-bond acceptors (Lipinski definition) is 4. The Balaban J connectivity index is 2.24. The van der Waals surface area contributed by atoms with Crippen molar-refractivity contribution in [2.24, 2.45) is 0 Å². The van der Waals surface area contributed by atoms with E-state index in [1.165, 1.54) is 6.07 Å². The second-order valence-electron chi connectivity index (χ2n) is 4.99. The SMILES string of the molecule is CCOC(=O)C1CCCCN1C(=O)c1ccc(Cl)cc1N. The summed E-state index contributed by atoms with van der Waals surface area (Å²) in [4.78, 5) is 26.2. The van der Waals surface area contributed by atoms with Crippen LogP contribution in [0.5, 0.6) is 0 Å². The Labute approximate surface area is 129 Å². The van der Waals surface area contributed by atoms with Crippen LogP contribution in [0.3, 0.4) is 0 Å². The van der Waals surface area contributed by atoms with Gasteiger partial charge in [-0.2, -0.15) is 0 Å². The molecule has 2 rings (SSSR count). The molecule has 21 heavy (non-hydrogen) atoms. The number of rotatable bonds is 3. The van der Waals surface area contributed by atoms with Crippen molar-refractivity contribution < 1.29 is 14.3 Å². The van der Waals surface area contributed by atoms with Crippen LogP contribution in [0.1, 0.15) is 36.5 Å². The first-order valence-corrected chi connectivity index (χ1v) is 7.45. The van der Waals surface area contributed by atoms with Gasteiger partial charge in [-0.05, 0) is 44.4 Å². The standard InChI is InChI=1S/C15H19ClN2O3/c1-2-21-15(20)13-5-3-4-8-18(13)14(19)11-7-6-10(16)9-12(11)17/h6-7,9,13H,2-5,8,17H2,1H3. The first-order valence-electron chi connectivity index (χ1n) is 7.07. The summed E-state index contributed by atoms with van der Waals surface area (Å²) < 4.78 is 5.06. The van der Waals surface area contributed by atoms with Crippen LogP contribution in [0.15, 0.2) is 18.2 Å². The van der Waals surface area contributed by atoms with Crippen molar-refractivity contribution in [3.05, 3.63) is 28.8 Å². The van der Waals surface area contributed by atoms with Gasteiger partial charge < -0.3 is 15.4 Å². The highest BCUT2D eigenvalue weighted by atomic mass is 35.5. The number of nitrogen functional groups attached to an aromatic ring is 1. The molecule has 2 N–H and O–H groups in total. The topological polar surface area (TPSA) is 72.6 Å². The molecular weight excluding hydrogens is 292 g/mol. The molecule has 1 aromatic carbocycles. The number of esters is 1. The molecule has 114 valence electrons. The molecule has 0 aromatic heterocycles. The lowest BCUT2D eigenvalue weighted by molar-refractivity contribution is -0.149. The van der Waals surface area contributed by atoms with Gasteiger partial charge in [-0.25, -0.2) is 4.79 Å². The third kappa shape index (κ3) is 3.47. The van der Waals surface area contributed by atoms with Crippen LogP contribution in [0.4, 0.5) is 5.69 Å². The Kier molecular flexibility index (Phi) is 5.07. The zero-order chi connectivity index (χ0) is 15.4. The molecule has 1 aliphatic heterocycles. The molecule has 1 amide bonds. The summed E-state index contributed by atoms with van der Waals surface area (Å²) in [7, 11) is 0. The van der Waals surface area contributed by atoms with Gasteiger partial charge in [0.05, 0.1) is 12.2 Å². The number of benzene rings is 1. The first-order chi connectivity index (χ1) is 10.0. The minimum atomic E-state index is -0.527. The van der Waals surface area contributed by atoms with Crippen molar-refractivity contribution in [2.45, 2.75) is 32.2 Å². The lowest BCUT2D eigenvalue weighted by Gasteiger charge is -2.34. The number of nitrogens with two attached hydrogens (primary N) is 1. The largest absolute Gasteiger partial charge is 0.464 e. The van der Waals surface area contributed by atoms with E-state index in [0.717, 1.165) is 12.8 Å². The van der Waals surface area contributed by atoms with E-state index in [1.54, 1.807) is 24.0 Å². The average molecular weight is 311 g/mol. The summed E-state index contributed by atoms with van der Waals surface area (Å²) in [6.45, 7) is 2.59. The molecule has 1 aromatic rings. The molecule has 5 nitrogen and oxygen atoms in total. The number of hydrogen-bond donors (Lipinski definition) is 1. The van der Waals surface area contributed by atoms with Gasteiger partial charge in [-0.15, -0.1) is 0 Å². The molecule has 1 atom stereocenters. The maximum absolute atomic E-state index is 12.6. The Morgan fingerprint density at radius 2 is 2.19 bits per heavy atom. The molecule has 0 radical (unpaired) electrons. The number of ether oxygens (including phenoxy) is 1. The van der Waals surface area contributed by atoms with Gasteiger partial charge in [0.1, 0.15) is 6.04 Å². The fourth-order valence-corrected chi connectivity index (χ4v) is 2.72. The van der Waals surface area contributed by atoms with E-state index in [2.05, 4.69) is 0 Å². The van der Waals surface area contributed by atoms with Crippen molar-refractivity contribution in [3.63, 3.8) is 0 Å². The molecule has 0 aliphatic carbocycles. The van der Waals surface area contributed by atoms with Gasteiger partial charge in [-0.1, -0.05) is 11.6 Å². The summed E-state index contributed by atoms with van der Waals surface area (Å²) in [5.41, 5.74) is 6.55. The van der Waals surface area contributed by atoms with Gasteiger partial charge in [0.25, 0.3) is 5.91 Å². The Morgan fingerprint density at radius 1 is 1.43 bits per heavy atom. The van der Waals surface area contributed by atoms with Gasteiger partial charge >= 0.3 is 5.97 Å². The predicted molar refractivity (Wildman–Crippen MR) is 81.2 cm³/mol. The second kappa shape index (κ2) is 6.80. The quantitative estimate of drug-likeness (QED) is 0.687. The summed E-state index contributed by atoms with van der Waals surface area (Å²) in [5.74, 6) is -0.597. The molecule has 6 heteroatoms. The Hall–Kier alpha value is -1.75. The summed E-state index contributed by atoms with van der Waals surface area (Å²) in [6.07, 6.45) is 2.40. The van der Waals surface area contributed by atoms with Crippen molar-refractivity contribution >= 4 is 29.2 Å². The number of amides is 1. The third-order valence-corrected chi connectivity index (χ3v) is 3.80. The highest BCUT2D eigenvalue weighted by Crippen LogP contribution is 2.24. The molecule has 1 aliphatic rings. The lowest BCUT2D eigenvalue weighted by Crippen LogP contribution is -2.48. The minimum absolute atomic E-state index is 0.248. The normalized spacial score (nSPS) is 18.4. The van der Waals surface area contributed by atoms with Crippen LogP contribution in [-0.4, -0.2) is 36.0 Å². The second-order valence-corrected chi connectivity index (χ2v) is 5.43. The van der Waals surface area contributed by atoms with Gasteiger partial charge in [0.15, 0.2) is 0 Å². The summed E-state index contributed by atoms with van der Waals surface area (Å²) >= 11 is 5.85. The number of halogens is 1. The van der Waals surface area contributed by atoms with Crippen molar-refractivity contribution in [1.29, 1.82) is 0 Å². The van der Waals surface area contributed by atoms with Crippen LogP contribution < -0.4 is 5.73 Å². The van der Waals surface area contributed by atoms with Crippen molar-refractivity contribution in [1.82, 2.24) is 4.90 Å². The highest BCUT2D eigenvalue weighted by molar-refractivity contribution is 6.31. The van der Waals surface area contributed by atoms with Crippen molar-refractivity contribution in [3.8, 4) is 0 Å². The van der Waals surface area contributed by atoms with E-state index in [9.17, 15) is 9.59 Å². The number of piperidine rings is 1. The van der Waals surface area contributed by atoms with Crippen LogP contribution in [-0.2, 0) is 9.53 Å². The maximum atomic E-state index is 12.6. The third-order valence-electron chi connectivity index (χ3n) is 3.57. The summed E-state index contributed by atoms with van der Waals surface area (Å²) in [5, 5.41) is 0.477. The maximum Gasteiger partial charge on any atom is 0.328 e. The van der Waals surface area contributed by atoms with Gasteiger partial charge in [0.2, 0.25) is 0 Å². The zero-order valence-electron chi connectivity index (χ0n) is 12.0. The van der Waals surface area contributed by atoms with Gasteiger partial charge in [-0.3, -0.25) is 4.79 Å². The zero-order valence-corrected chi connectivity index (χ0v) is 12.7. The van der Waals surface area contributed by atoms with Crippen molar-refractivity contribution in [2.75, 3.05) is 18.9 Å². The number of likely N-dealkylation sites (tertiary alicyclic amines) is 1. The minimum Gasteiger partial charge on any atom is -0.464 e. The van der Waals surface area contributed by atoms with Crippen LogP contribution in [0.2, 0.25) is 5.02 Å². The highest BCUT2D eigenvalue weighted by Gasteiger charge is 2.34. The molecule has 0 saturated carbocycles. The van der Waals surface area contributed by atoms with E-state index >= 15 is 0 Å². The summed E-state index contributed by atoms with van der Waals surface area (Å²) in [6, 6.07) is 4.23. The monoisotopic (exact) mass is 310 g/mol. The smallest absolute Gasteiger partial charge is 0.328 e. The Bertz CT molecular complexity index is 548. The van der Waals surface area contributed by atoms with E-state index in [1.807, 2.05) is 0 Å². The van der Waals surface area contributed by atoms with E-state index in [0.29, 0.717) is 35.8 Å². The lowest BCUT2D eigenvalue weighted by atomic mass is 10.0. The van der Waals surface area contributed by atoms with Gasteiger partial charge in [0, 0.05) is 17.3 Å². The molecule has 0 bridgehead atoms. The molecule has 1 heterocycles. The fourth-order valence-electron chi connectivity index (χ4n) is 2.54. The number of carbonyl (C=O) groups excluding carboxylic acids is 2. The molecular formula is C15H19ClN2O3. The van der Waals surface area contributed by atoms with Crippen LogP contribution >= 0.6 is 11.6 Å². The number of anilines is 1. The van der Waals surface area contributed by atoms with E-state index in [-0.39, 0.29) is 11.9 Å². The fraction of sp³-hybridized carbons (Fsp3) is 0.467. The predicted octanol–water partition coefficient (Wildman–Crippen LogP) is 2.48. The van der Waals surface area contributed by atoms with E-state index in [4.69, 9.17) is 22.1 Å². The number of nitrogens with zero attached hydrogens (tertiary/aromatic N) is 1. The average Bonchev–Trinajstić information content (AvgIpc) is 2.47. The van der Waals surface area contributed by atoms with Crippen LogP contribution in [0.25, 0.3) is 0 Å². The first kappa shape index (κ1) is 15.6. The molecule has 1 unspecified atom stereocenters. The number of carbonyl (C=O) groups is 2. The van der Waals surface area contributed by atoms with Crippen LogP contribution in [0, 0.1) is 0 Å². The molecule has 0 spiro atoms. The molecule has 1 fully saturated rings.